The smallest absolute Gasteiger partial charge is 0.409 e. The van der Waals surface area contributed by atoms with E-state index in [1.165, 1.54) is 11.6 Å². The molecule has 9 nitrogen and oxygen atoms in total. The molecule has 5 aromatic rings. The van der Waals surface area contributed by atoms with Crippen LogP contribution in [0.25, 0.3) is 22.0 Å². The highest BCUT2D eigenvalue weighted by Gasteiger charge is 2.39. The normalized spacial score (nSPS) is 12.5. The van der Waals surface area contributed by atoms with Gasteiger partial charge in [0.25, 0.3) is 0 Å². The highest BCUT2D eigenvalue weighted by molar-refractivity contribution is 6.74. The topological polar surface area (TPSA) is 133 Å². The number of carbonyl (C=O) groups is 1. The van der Waals surface area contributed by atoms with E-state index in [2.05, 4.69) is 67.7 Å². The second-order valence-corrected chi connectivity index (χ2v) is 19.5. The first-order valence-corrected chi connectivity index (χ1v) is 20.8. The lowest BCUT2D eigenvalue weighted by Gasteiger charge is -2.39. The first-order chi connectivity index (χ1) is 24.8. The van der Waals surface area contributed by atoms with Crippen LogP contribution >= 0.6 is 0 Å². The predicted octanol–water partition coefficient (Wildman–Crippen LogP) is 9.29. The number of nitrogens with one attached hydrogen (secondary N) is 3. The van der Waals surface area contributed by atoms with E-state index < -0.39 is 14.4 Å². The van der Waals surface area contributed by atoms with E-state index in [-0.39, 0.29) is 22.5 Å². The number of fused-ring (bicyclic) bond motifs is 1. The van der Waals surface area contributed by atoms with Gasteiger partial charge in [0, 0.05) is 23.6 Å². The standard InChI is InChI=1S/C42H51N3O6Si/c1-42(2,3)52(4,5)51-38(34-20-22-37(46)40-35(34)21-23-39(47)45-40)28-43-25-24-29-14-17-32(18-15-29)50-26-10-9-11-30-16-19-33(31-12-7-6-8-13-31)36(27-30)44-41(48)49/h6-8,12-23,27,38,43-44,46H,9-11,24-26,28H2,1-5H3,(H,45,47)(H,48,49)/t38-/m0/s1. The van der Waals surface area contributed by atoms with Crippen molar-refractivity contribution >= 4 is 31.0 Å². The molecule has 1 atom stereocenters. The number of carboxylic acid groups (broad SMARTS) is 1. The van der Waals surface area contributed by atoms with Crippen molar-refractivity contribution < 1.29 is 24.2 Å². The summed E-state index contributed by atoms with van der Waals surface area (Å²) in [6.07, 6.45) is 2.10. The van der Waals surface area contributed by atoms with Crippen LogP contribution in [0.2, 0.25) is 18.1 Å². The molecule has 5 N–H and O–H groups in total. The van der Waals surface area contributed by atoms with Gasteiger partial charge in [-0.05, 0) is 103 Å². The molecule has 1 heterocycles. The third-order valence-electron chi connectivity index (χ3n) is 9.88. The van der Waals surface area contributed by atoms with E-state index in [9.17, 15) is 19.8 Å². The Bertz CT molecular complexity index is 2010. The largest absolute Gasteiger partial charge is 0.506 e. The molecular formula is C42H51N3O6Si. The number of pyridine rings is 1. The number of hydrogen-bond donors (Lipinski definition) is 5. The first kappa shape index (κ1) is 38.3. The van der Waals surface area contributed by atoms with Gasteiger partial charge in [0.1, 0.15) is 11.5 Å². The molecule has 4 aromatic carbocycles. The van der Waals surface area contributed by atoms with Crippen LogP contribution in [0.4, 0.5) is 10.5 Å². The Hall–Kier alpha value is -4.90. The Labute approximate surface area is 307 Å². The Balaban J connectivity index is 1.11. The Morgan fingerprint density at radius 1 is 0.885 bits per heavy atom. The Kier molecular flexibility index (Phi) is 12.6. The predicted molar refractivity (Wildman–Crippen MR) is 212 cm³/mol. The van der Waals surface area contributed by atoms with Crippen molar-refractivity contribution in [1.29, 1.82) is 0 Å². The van der Waals surface area contributed by atoms with E-state index in [1.54, 1.807) is 12.1 Å². The zero-order chi connectivity index (χ0) is 37.3. The fourth-order valence-corrected chi connectivity index (χ4v) is 7.24. The molecule has 0 fully saturated rings. The van der Waals surface area contributed by atoms with Crippen LogP contribution in [0.15, 0.2) is 102 Å². The number of aryl methyl sites for hydroxylation is 1. The summed E-state index contributed by atoms with van der Waals surface area (Å²) in [6.45, 7) is 13.0. The second kappa shape index (κ2) is 17.1. The second-order valence-electron chi connectivity index (χ2n) is 14.7. The van der Waals surface area contributed by atoms with Gasteiger partial charge in [0.05, 0.1) is 23.9 Å². The number of aromatic amines is 1. The maximum atomic E-state index is 12.0. The third kappa shape index (κ3) is 10.1. The van der Waals surface area contributed by atoms with E-state index in [0.29, 0.717) is 24.4 Å². The minimum atomic E-state index is -2.16. The van der Waals surface area contributed by atoms with Crippen LogP contribution < -0.4 is 20.9 Å². The number of ether oxygens (including phenoxy) is 1. The van der Waals surface area contributed by atoms with E-state index in [4.69, 9.17) is 9.16 Å². The lowest BCUT2D eigenvalue weighted by atomic mass is 9.99. The molecule has 0 aliphatic rings. The van der Waals surface area contributed by atoms with Crippen LogP contribution in [0.5, 0.6) is 11.5 Å². The monoisotopic (exact) mass is 721 g/mol. The van der Waals surface area contributed by atoms with Gasteiger partial charge >= 0.3 is 6.09 Å². The van der Waals surface area contributed by atoms with Crippen molar-refractivity contribution in [2.24, 2.45) is 0 Å². The van der Waals surface area contributed by atoms with Crippen LogP contribution in [0, 0.1) is 0 Å². The van der Waals surface area contributed by atoms with Gasteiger partial charge in [0.2, 0.25) is 5.56 Å². The van der Waals surface area contributed by atoms with Gasteiger partial charge in [-0.3, -0.25) is 10.1 Å². The number of anilines is 1. The molecule has 0 saturated carbocycles. The van der Waals surface area contributed by atoms with Crippen molar-refractivity contribution in [3.8, 4) is 22.6 Å². The van der Waals surface area contributed by atoms with Crippen molar-refractivity contribution in [2.75, 3.05) is 25.0 Å². The number of amides is 1. The molecule has 52 heavy (non-hydrogen) atoms. The van der Waals surface area contributed by atoms with Crippen LogP contribution in [0.3, 0.4) is 0 Å². The lowest BCUT2D eigenvalue weighted by Crippen LogP contribution is -2.43. The molecular weight excluding hydrogens is 671 g/mol. The Morgan fingerprint density at radius 2 is 1.62 bits per heavy atom. The summed E-state index contributed by atoms with van der Waals surface area (Å²) in [5.74, 6) is 0.871. The summed E-state index contributed by atoms with van der Waals surface area (Å²) in [6, 6.07) is 30.7. The molecule has 274 valence electrons. The summed E-state index contributed by atoms with van der Waals surface area (Å²) in [5, 5.41) is 26.8. The summed E-state index contributed by atoms with van der Waals surface area (Å²) in [7, 11) is -2.16. The average molecular weight is 722 g/mol. The molecule has 0 bridgehead atoms. The number of aromatic nitrogens is 1. The summed E-state index contributed by atoms with van der Waals surface area (Å²) < 4.78 is 12.9. The van der Waals surface area contributed by atoms with Crippen LogP contribution in [0.1, 0.15) is 56.4 Å². The fraction of sp³-hybridized carbons (Fsp3) is 0.333. The van der Waals surface area contributed by atoms with Crippen molar-refractivity contribution in [3.63, 3.8) is 0 Å². The number of H-pyrrole nitrogens is 1. The van der Waals surface area contributed by atoms with Gasteiger partial charge in [-0.15, -0.1) is 0 Å². The van der Waals surface area contributed by atoms with Crippen molar-refractivity contribution in [3.05, 3.63) is 124 Å². The number of phenols is 1. The van der Waals surface area contributed by atoms with Crippen molar-refractivity contribution in [1.82, 2.24) is 10.3 Å². The third-order valence-corrected chi connectivity index (χ3v) is 14.4. The summed E-state index contributed by atoms with van der Waals surface area (Å²) in [4.78, 5) is 26.2. The molecule has 0 unspecified atom stereocenters. The van der Waals surface area contributed by atoms with Crippen LogP contribution in [-0.2, 0) is 17.3 Å². The molecule has 1 aromatic heterocycles. The van der Waals surface area contributed by atoms with Gasteiger partial charge < -0.3 is 29.7 Å². The van der Waals surface area contributed by atoms with E-state index in [0.717, 1.165) is 65.6 Å². The lowest BCUT2D eigenvalue weighted by molar-refractivity contribution is 0.182. The molecule has 0 radical (unpaired) electrons. The minimum absolute atomic E-state index is 0.0102. The van der Waals surface area contributed by atoms with Gasteiger partial charge in [-0.1, -0.05) is 81.4 Å². The average Bonchev–Trinajstić information content (AvgIpc) is 3.10. The van der Waals surface area contributed by atoms with E-state index in [1.807, 2.05) is 60.7 Å². The molecule has 0 aliphatic carbocycles. The van der Waals surface area contributed by atoms with E-state index >= 15 is 0 Å². The number of aromatic hydroxyl groups is 1. The van der Waals surface area contributed by atoms with Gasteiger partial charge in [0.15, 0.2) is 8.32 Å². The first-order valence-electron chi connectivity index (χ1n) is 17.9. The number of unbranched alkanes of at least 4 members (excludes halogenated alkanes) is 1. The Morgan fingerprint density at radius 3 is 2.33 bits per heavy atom. The zero-order valence-electron chi connectivity index (χ0n) is 30.8. The van der Waals surface area contributed by atoms with Crippen molar-refractivity contribution in [2.45, 2.75) is 70.7 Å². The zero-order valence-corrected chi connectivity index (χ0v) is 31.8. The number of benzene rings is 4. The quantitative estimate of drug-likeness (QED) is 0.0507. The van der Waals surface area contributed by atoms with Crippen LogP contribution in [-0.4, -0.2) is 49.3 Å². The SMILES string of the molecule is CC(C)(C)[Si](C)(C)O[C@@H](CNCCc1ccc(OCCCCc2ccc(-c3ccccc3)c(NC(=O)O)c2)cc1)c1ccc(O)c2[nH]c(=O)ccc12. The molecule has 0 spiro atoms. The number of phenolic OH excluding ortho intramolecular Hbond substituents is 1. The fourth-order valence-electron chi connectivity index (χ4n) is 5.96. The minimum Gasteiger partial charge on any atom is -0.506 e. The van der Waals surface area contributed by atoms with Gasteiger partial charge in [-0.25, -0.2) is 4.79 Å². The molecule has 0 saturated heterocycles. The number of hydrogen-bond acceptors (Lipinski definition) is 6. The summed E-state index contributed by atoms with van der Waals surface area (Å²) in [5.41, 5.74) is 5.78. The highest BCUT2D eigenvalue weighted by Crippen LogP contribution is 2.41. The molecule has 1 amide bonds. The molecule has 5 rings (SSSR count). The van der Waals surface area contributed by atoms with Gasteiger partial charge in [-0.2, -0.15) is 0 Å². The molecule has 0 aliphatic heterocycles. The maximum absolute atomic E-state index is 12.0. The number of rotatable bonds is 16. The molecule has 10 heteroatoms. The maximum Gasteiger partial charge on any atom is 0.409 e. The highest BCUT2D eigenvalue weighted by atomic mass is 28.4. The summed E-state index contributed by atoms with van der Waals surface area (Å²) >= 11 is 0.